The van der Waals surface area contributed by atoms with Crippen molar-refractivity contribution < 1.29 is 9.53 Å². The molecular weight excluding hydrogens is 274 g/mol. The number of anilines is 1. The van der Waals surface area contributed by atoms with Crippen LogP contribution in [0.1, 0.15) is 18.2 Å². The first-order chi connectivity index (χ1) is 9.69. The van der Waals surface area contributed by atoms with E-state index in [9.17, 15) is 4.79 Å². The fourth-order valence-corrected chi connectivity index (χ4v) is 2.53. The van der Waals surface area contributed by atoms with E-state index in [2.05, 4.69) is 14.9 Å². The molecule has 0 bridgehead atoms. The van der Waals surface area contributed by atoms with Gasteiger partial charge in [-0.1, -0.05) is 0 Å². The Hall–Kier alpha value is -1.95. The third-order valence-electron chi connectivity index (χ3n) is 2.67. The van der Waals surface area contributed by atoms with Gasteiger partial charge in [0, 0.05) is 31.4 Å². The number of hydrogen-bond acceptors (Lipinski definition) is 6. The van der Waals surface area contributed by atoms with Crippen molar-refractivity contribution in [3.05, 3.63) is 41.2 Å². The van der Waals surface area contributed by atoms with E-state index in [0.29, 0.717) is 6.61 Å². The van der Waals surface area contributed by atoms with Crippen molar-refractivity contribution in [2.45, 2.75) is 19.9 Å². The molecule has 0 saturated heterocycles. The monoisotopic (exact) mass is 291 g/mol. The Labute approximate surface area is 122 Å². The standard InChI is InChI=1S/C14H17N3O2S/c1-3-19-13(18)8-12-10-20-14(16-12)17(2)9-11-4-6-15-7-5-11/h4-7,10H,3,8-9H2,1-2H3. The Morgan fingerprint density at radius 3 is 2.85 bits per heavy atom. The maximum Gasteiger partial charge on any atom is 0.311 e. The Morgan fingerprint density at radius 2 is 2.15 bits per heavy atom. The molecule has 2 heterocycles. The molecule has 0 aliphatic rings. The van der Waals surface area contributed by atoms with Crippen LogP contribution in [0.5, 0.6) is 0 Å². The number of thiazole rings is 1. The van der Waals surface area contributed by atoms with Crippen LogP contribution in [0.4, 0.5) is 5.13 Å². The fourth-order valence-electron chi connectivity index (χ4n) is 1.74. The molecular formula is C14H17N3O2S. The van der Waals surface area contributed by atoms with Crippen molar-refractivity contribution in [1.82, 2.24) is 9.97 Å². The molecule has 6 heteroatoms. The van der Waals surface area contributed by atoms with Gasteiger partial charge in [-0.15, -0.1) is 11.3 Å². The molecule has 2 aromatic heterocycles. The largest absolute Gasteiger partial charge is 0.466 e. The minimum atomic E-state index is -0.235. The van der Waals surface area contributed by atoms with Gasteiger partial charge in [-0.25, -0.2) is 4.98 Å². The van der Waals surface area contributed by atoms with Gasteiger partial charge in [-0.2, -0.15) is 0 Å². The second-order valence-electron chi connectivity index (χ2n) is 4.31. The van der Waals surface area contributed by atoms with Crippen LogP contribution >= 0.6 is 11.3 Å². The van der Waals surface area contributed by atoms with Crippen LogP contribution in [-0.4, -0.2) is 29.6 Å². The lowest BCUT2D eigenvalue weighted by atomic mass is 10.2. The number of ether oxygens (including phenoxy) is 1. The lowest BCUT2D eigenvalue weighted by Crippen LogP contribution is -2.16. The molecule has 0 saturated carbocycles. The molecule has 0 spiro atoms. The summed E-state index contributed by atoms with van der Waals surface area (Å²) in [5, 5.41) is 2.79. The van der Waals surface area contributed by atoms with E-state index in [0.717, 1.165) is 17.4 Å². The SMILES string of the molecule is CCOC(=O)Cc1csc(N(C)Cc2ccncc2)n1. The van der Waals surface area contributed by atoms with Gasteiger partial charge >= 0.3 is 5.97 Å². The highest BCUT2D eigenvalue weighted by atomic mass is 32.1. The zero-order valence-corrected chi connectivity index (χ0v) is 12.4. The van der Waals surface area contributed by atoms with Gasteiger partial charge in [0.2, 0.25) is 0 Å². The van der Waals surface area contributed by atoms with E-state index in [1.807, 2.05) is 24.6 Å². The zero-order valence-electron chi connectivity index (χ0n) is 11.6. The second-order valence-corrected chi connectivity index (χ2v) is 5.15. The first-order valence-electron chi connectivity index (χ1n) is 6.39. The predicted molar refractivity (Wildman–Crippen MR) is 78.8 cm³/mol. The van der Waals surface area contributed by atoms with E-state index >= 15 is 0 Å². The van der Waals surface area contributed by atoms with Crippen LogP contribution < -0.4 is 4.90 Å². The summed E-state index contributed by atoms with van der Waals surface area (Å²) in [6, 6.07) is 3.95. The van der Waals surface area contributed by atoms with Crippen molar-refractivity contribution in [1.29, 1.82) is 0 Å². The van der Waals surface area contributed by atoms with Gasteiger partial charge < -0.3 is 9.64 Å². The molecule has 0 fully saturated rings. The van der Waals surface area contributed by atoms with Crippen molar-refractivity contribution in [3.8, 4) is 0 Å². The highest BCUT2D eigenvalue weighted by molar-refractivity contribution is 7.13. The van der Waals surface area contributed by atoms with E-state index in [4.69, 9.17) is 4.74 Å². The number of nitrogens with zero attached hydrogens (tertiary/aromatic N) is 3. The van der Waals surface area contributed by atoms with Crippen LogP contribution in [0.2, 0.25) is 0 Å². The topological polar surface area (TPSA) is 55.3 Å². The van der Waals surface area contributed by atoms with Gasteiger partial charge in [0.25, 0.3) is 0 Å². The Kier molecular flexibility index (Phi) is 5.06. The Balaban J connectivity index is 1.96. The molecule has 2 rings (SSSR count). The van der Waals surface area contributed by atoms with Gasteiger partial charge in [0.15, 0.2) is 5.13 Å². The first kappa shape index (κ1) is 14.5. The van der Waals surface area contributed by atoms with Crippen LogP contribution in [0.25, 0.3) is 0 Å². The predicted octanol–water partition coefficient (Wildman–Crippen LogP) is 2.28. The molecule has 2 aromatic rings. The molecule has 0 radical (unpaired) electrons. The van der Waals surface area contributed by atoms with E-state index in [1.165, 1.54) is 16.9 Å². The smallest absolute Gasteiger partial charge is 0.311 e. The molecule has 0 N–H and O–H groups in total. The summed E-state index contributed by atoms with van der Waals surface area (Å²) >= 11 is 1.53. The Bertz CT molecular complexity index is 557. The summed E-state index contributed by atoms with van der Waals surface area (Å²) < 4.78 is 4.92. The number of carbonyl (C=O) groups excluding carboxylic acids is 1. The molecule has 5 nitrogen and oxygen atoms in total. The molecule has 20 heavy (non-hydrogen) atoms. The maximum absolute atomic E-state index is 11.4. The number of pyridine rings is 1. The average Bonchev–Trinajstić information content (AvgIpc) is 2.88. The van der Waals surface area contributed by atoms with E-state index in [1.54, 1.807) is 19.3 Å². The zero-order chi connectivity index (χ0) is 14.4. The summed E-state index contributed by atoms with van der Waals surface area (Å²) in [6.45, 7) is 2.96. The van der Waals surface area contributed by atoms with Crippen LogP contribution in [0, 0.1) is 0 Å². The molecule has 0 amide bonds. The minimum absolute atomic E-state index is 0.230. The van der Waals surface area contributed by atoms with E-state index < -0.39 is 0 Å². The fraction of sp³-hybridized carbons (Fsp3) is 0.357. The quantitative estimate of drug-likeness (QED) is 0.764. The summed E-state index contributed by atoms with van der Waals surface area (Å²) in [5.74, 6) is -0.235. The van der Waals surface area contributed by atoms with Crippen molar-refractivity contribution in [2.75, 3.05) is 18.6 Å². The molecule has 0 unspecified atom stereocenters. The number of esters is 1. The number of aromatic nitrogens is 2. The second kappa shape index (κ2) is 7.00. The Morgan fingerprint density at radius 1 is 1.40 bits per heavy atom. The van der Waals surface area contributed by atoms with Crippen molar-refractivity contribution >= 4 is 22.4 Å². The lowest BCUT2D eigenvalue weighted by molar-refractivity contribution is -0.142. The highest BCUT2D eigenvalue weighted by Crippen LogP contribution is 2.21. The molecule has 0 atom stereocenters. The lowest BCUT2D eigenvalue weighted by Gasteiger charge is -2.15. The summed E-state index contributed by atoms with van der Waals surface area (Å²) in [7, 11) is 1.98. The van der Waals surface area contributed by atoms with Crippen LogP contribution in [0.3, 0.4) is 0 Å². The first-order valence-corrected chi connectivity index (χ1v) is 7.27. The van der Waals surface area contributed by atoms with Crippen LogP contribution in [-0.2, 0) is 22.5 Å². The number of rotatable bonds is 6. The minimum Gasteiger partial charge on any atom is -0.466 e. The maximum atomic E-state index is 11.4. The average molecular weight is 291 g/mol. The summed E-state index contributed by atoms with van der Waals surface area (Å²) in [5.41, 5.74) is 1.93. The summed E-state index contributed by atoms with van der Waals surface area (Å²) in [4.78, 5) is 21.9. The van der Waals surface area contributed by atoms with Crippen molar-refractivity contribution in [2.24, 2.45) is 0 Å². The van der Waals surface area contributed by atoms with E-state index in [-0.39, 0.29) is 12.4 Å². The highest BCUT2D eigenvalue weighted by Gasteiger charge is 2.11. The molecule has 0 aromatic carbocycles. The van der Waals surface area contributed by atoms with Gasteiger partial charge in [-0.05, 0) is 24.6 Å². The number of hydrogen-bond donors (Lipinski definition) is 0. The van der Waals surface area contributed by atoms with Gasteiger partial charge in [-0.3, -0.25) is 9.78 Å². The summed E-state index contributed by atoms with van der Waals surface area (Å²) in [6.07, 6.45) is 3.78. The normalized spacial score (nSPS) is 10.3. The molecule has 0 aliphatic heterocycles. The van der Waals surface area contributed by atoms with Crippen molar-refractivity contribution in [3.63, 3.8) is 0 Å². The third-order valence-corrected chi connectivity index (χ3v) is 3.67. The molecule has 106 valence electrons. The number of carbonyl (C=O) groups is 1. The molecule has 0 aliphatic carbocycles. The van der Waals surface area contributed by atoms with Gasteiger partial charge in [0.1, 0.15) is 0 Å². The van der Waals surface area contributed by atoms with Crippen LogP contribution in [0.15, 0.2) is 29.9 Å². The third kappa shape index (κ3) is 4.03. The van der Waals surface area contributed by atoms with Gasteiger partial charge in [0.05, 0.1) is 18.7 Å².